The van der Waals surface area contributed by atoms with Crippen LogP contribution in [0.5, 0.6) is 0 Å². The molecule has 5 heterocycles. The van der Waals surface area contributed by atoms with E-state index in [0.717, 1.165) is 17.7 Å². The summed E-state index contributed by atoms with van der Waals surface area (Å²) in [6.07, 6.45) is 7.82. The van der Waals surface area contributed by atoms with E-state index in [-0.39, 0.29) is 0 Å². The first-order chi connectivity index (χ1) is 9.84. The van der Waals surface area contributed by atoms with Crippen molar-refractivity contribution in [2.75, 3.05) is 0 Å². The van der Waals surface area contributed by atoms with E-state index in [1.807, 2.05) is 24.7 Å². The van der Waals surface area contributed by atoms with Crippen LogP contribution in [0.25, 0.3) is 28.1 Å². The van der Waals surface area contributed by atoms with Crippen molar-refractivity contribution >= 4 is 16.8 Å². The second kappa shape index (κ2) is 3.25. The lowest BCUT2D eigenvalue weighted by atomic mass is 10.1. The van der Waals surface area contributed by atoms with E-state index in [0.29, 0.717) is 0 Å². The summed E-state index contributed by atoms with van der Waals surface area (Å²) in [4.78, 5) is 8.72. The van der Waals surface area contributed by atoms with Gasteiger partial charge in [-0.05, 0) is 18.2 Å². The largest absolute Gasteiger partial charge is 0.289 e. The van der Waals surface area contributed by atoms with E-state index in [1.165, 1.54) is 22.5 Å². The summed E-state index contributed by atoms with van der Waals surface area (Å²) < 4.78 is 6.67. The van der Waals surface area contributed by atoms with Crippen molar-refractivity contribution < 1.29 is 4.57 Å². The van der Waals surface area contributed by atoms with Gasteiger partial charge in [0.15, 0.2) is 11.2 Å². The molecule has 0 unspecified atom stereocenters. The molecule has 20 heavy (non-hydrogen) atoms. The summed E-state index contributed by atoms with van der Waals surface area (Å²) >= 11 is 0. The van der Waals surface area contributed by atoms with Crippen molar-refractivity contribution in [1.29, 1.82) is 0 Å². The predicted octanol–water partition coefficient (Wildman–Crippen LogP) is 1.54. The summed E-state index contributed by atoms with van der Waals surface area (Å²) in [6.45, 7) is 0.891. The van der Waals surface area contributed by atoms with Gasteiger partial charge in [-0.3, -0.25) is 9.55 Å². The molecule has 0 aromatic carbocycles. The Morgan fingerprint density at radius 3 is 3.15 bits per heavy atom. The van der Waals surface area contributed by atoms with E-state index in [1.54, 1.807) is 0 Å². The highest BCUT2D eigenvalue weighted by Gasteiger charge is 2.32. The number of fused-ring (bicyclic) bond motifs is 7. The molecule has 0 radical (unpaired) electrons. The number of aromatic nitrogens is 5. The molecule has 1 aliphatic heterocycles. The SMILES string of the molecule is Cn1c2ncccc2n2c[n+]3c(c12)-c1ccncc1C3. The van der Waals surface area contributed by atoms with Crippen LogP contribution in [0.2, 0.25) is 0 Å². The second-order valence-corrected chi connectivity index (χ2v) is 5.22. The Hall–Kier alpha value is -2.69. The molecule has 0 atom stereocenters. The highest BCUT2D eigenvalue weighted by Crippen LogP contribution is 2.32. The topological polar surface area (TPSA) is 39.0 Å². The predicted molar refractivity (Wildman–Crippen MR) is 74.2 cm³/mol. The third-order valence-corrected chi connectivity index (χ3v) is 4.14. The normalized spacial score (nSPS) is 13.1. The fraction of sp³-hybridized carbons (Fsp3) is 0.133. The molecule has 0 bridgehead atoms. The van der Waals surface area contributed by atoms with E-state index in [4.69, 9.17) is 0 Å². The first-order valence-electron chi connectivity index (χ1n) is 6.62. The van der Waals surface area contributed by atoms with E-state index >= 15 is 0 Å². The number of pyridine rings is 2. The third-order valence-electron chi connectivity index (χ3n) is 4.14. The van der Waals surface area contributed by atoms with Gasteiger partial charge < -0.3 is 0 Å². The van der Waals surface area contributed by atoms with Crippen LogP contribution in [-0.4, -0.2) is 18.9 Å². The Bertz CT molecular complexity index is 992. The maximum atomic E-state index is 4.49. The van der Waals surface area contributed by atoms with E-state index < -0.39 is 0 Å². The second-order valence-electron chi connectivity index (χ2n) is 5.22. The van der Waals surface area contributed by atoms with Crippen LogP contribution in [0, 0.1) is 0 Å². The minimum absolute atomic E-state index is 0.891. The van der Waals surface area contributed by atoms with Crippen LogP contribution in [0.3, 0.4) is 0 Å². The Kier molecular flexibility index (Phi) is 1.65. The van der Waals surface area contributed by atoms with Gasteiger partial charge in [0.25, 0.3) is 12.0 Å². The number of imidazole rings is 2. The average molecular weight is 262 g/mol. The monoisotopic (exact) mass is 262 g/mol. The minimum Gasteiger partial charge on any atom is -0.289 e. The lowest BCUT2D eigenvalue weighted by Crippen LogP contribution is -2.29. The number of hydrogen-bond donors (Lipinski definition) is 0. The lowest BCUT2D eigenvalue weighted by molar-refractivity contribution is -0.671. The molecule has 5 rings (SSSR count). The van der Waals surface area contributed by atoms with Gasteiger partial charge in [-0.15, -0.1) is 0 Å². The van der Waals surface area contributed by atoms with Crippen LogP contribution in [0.4, 0.5) is 0 Å². The third kappa shape index (κ3) is 1.02. The quantitative estimate of drug-likeness (QED) is 0.397. The van der Waals surface area contributed by atoms with Crippen LogP contribution in [0.15, 0.2) is 43.1 Å². The summed E-state index contributed by atoms with van der Waals surface area (Å²) in [6, 6.07) is 6.19. The van der Waals surface area contributed by atoms with Gasteiger partial charge in [0.1, 0.15) is 6.54 Å². The van der Waals surface area contributed by atoms with Gasteiger partial charge >= 0.3 is 0 Å². The molecule has 4 aromatic heterocycles. The zero-order chi connectivity index (χ0) is 13.3. The number of nitrogens with zero attached hydrogens (tertiary/aromatic N) is 5. The first kappa shape index (κ1) is 10.1. The lowest BCUT2D eigenvalue weighted by Gasteiger charge is -1.94. The molecule has 0 spiro atoms. The summed E-state index contributed by atoms with van der Waals surface area (Å²) in [5.74, 6) is 0. The van der Waals surface area contributed by atoms with Crippen LogP contribution >= 0.6 is 0 Å². The average Bonchev–Trinajstić information content (AvgIpc) is 3.08. The van der Waals surface area contributed by atoms with Crippen LogP contribution < -0.4 is 4.57 Å². The van der Waals surface area contributed by atoms with Gasteiger partial charge in [0, 0.05) is 36.8 Å². The van der Waals surface area contributed by atoms with Crippen LogP contribution in [-0.2, 0) is 13.6 Å². The minimum atomic E-state index is 0.891. The van der Waals surface area contributed by atoms with Crippen molar-refractivity contribution in [3.63, 3.8) is 0 Å². The molecule has 5 heteroatoms. The first-order valence-corrected chi connectivity index (χ1v) is 6.62. The zero-order valence-corrected chi connectivity index (χ0v) is 11.0. The molecule has 1 aliphatic rings. The van der Waals surface area contributed by atoms with E-state index in [9.17, 15) is 0 Å². The fourth-order valence-corrected chi connectivity index (χ4v) is 3.29. The molecule has 0 fully saturated rings. The highest BCUT2D eigenvalue weighted by atomic mass is 15.2. The van der Waals surface area contributed by atoms with Crippen LogP contribution in [0.1, 0.15) is 5.56 Å². The van der Waals surface area contributed by atoms with Gasteiger partial charge in [-0.1, -0.05) is 0 Å². The van der Waals surface area contributed by atoms with Gasteiger partial charge in [-0.2, -0.15) is 4.40 Å². The Labute approximate surface area is 114 Å². The van der Waals surface area contributed by atoms with Crippen molar-refractivity contribution in [3.05, 3.63) is 48.7 Å². The molecule has 96 valence electrons. The fourth-order valence-electron chi connectivity index (χ4n) is 3.29. The molecule has 0 amide bonds. The van der Waals surface area contributed by atoms with E-state index in [2.05, 4.69) is 49.0 Å². The number of hydrogen-bond acceptors (Lipinski definition) is 2. The molecule has 0 saturated heterocycles. The summed E-state index contributed by atoms with van der Waals surface area (Å²) in [5, 5.41) is 0. The summed E-state index contributed by atoms with van der Waals surface area (Å²) in [5.41, 5.74) is 7.14. The maximum Gasteiger partial charge on any atom is 0.256 e. The molecule has 0 N–H and O–H groups in total. The smallest absolute Gasteiger partial charge is 0.256 e. The van der Waals surface area contributed by atoms with Crippen molar-refractivity contribution in [2.24, 2.45) is 7.05 Å². The Morgan fingerprint density at radius 2 is 2.20 bits per heavy atom. The number of aryl methyl sites for hydroxylation is 1. The molecule has 5 nitrogen and oxygen atoms in total. The summed E-state index contributed by atoms with van der Waals surface area (Å²) in [7, 11) is 2.07. The Balaban J connectivity index is 2.01. The number of rotatable bonds is 0. The van der Waals surface area contributed by atoms with Gasteiger partial charge in [0.2, 0.25) is 5.69 Å². The zero-order valence-electron chi connectivity index (χ0n) is 11.0. The Morgan fingerprint density at radius 1 is 1.25 bits per heavy atom. The highest BCUT2D eigenvalue weighted by molar-refractivity contribution is 5.85. The molecule has 0 aliphatic carbocycles. The van der Waals surface area contributed by atoms with Gasteiger partial charge in [0.05, 0.1) is 0 Å². The molecule has 0 saturated carbocycles. The van der Waals surface area contributed by atoms with Crippen molar-refractivity contribution in [2.45, 2.75) is 6.54 Å². The van der Waals surface area contributed by atoms with Crippen molar-refractivity contribution in [3.8, 4) is 11.3 Å². The molecular weight excluding hydrogens is 250 g/mol. The van der Waals surface area contributed by atoms with Crippen molar-refractivity contribution in [1.82, 2.24) is 18.9 Å². The molecule has 4 aromatic rings. The maximum absolute atomic E-state index is 4.49. The molecular formula is C15H12N5+. The standard InChI is InChI=1S/C15H12N5/c1-18-14-12(3-2-5-17-14)20-9-19-8-10-7-16-6-4-11(10)13(19)15(18)20/h2-7,9H,8H2,1H3/q+1. The van der Waals surface area contributed by atoms with Gasteiger partial charge in [-0.25, -0.2) is 9.55 Å².